The van der Waals surface area contributed by atoms with Crippen molar-refractivity contribution in [1.29, 1.82) is 0 Å². The van der Waals surface area contributed by atoms with Gasteiger partial charge in [-0.05, 0) is 36.8 Å². The van der Waals surface area contributed by atoms with Gasteiger partial charge in [-0.1, -0.05) is 35.5 Å². The van der Waals surface area contributed by atoms with Crippen LogP contribution in [0.4, 0.5) is 0 Å². The zero-order chi connectivity index (χ0) is 20.1. The Balaban J connectivity index is 1.48. The average molecular weight is 392 g/mol. The van der Waals surface area contributed by atoms with Gasteiger partial charge in [-0.25, -0.2) is 0 Å². The summed E-state index contributed by atoms with van der Waals surface area (Å²) < 4.78 is 10.6. The molecule has 4 rings (SSSR count). The number of nitrogens with zero attached hydrogens (tertiary/aromatic N) is 3. The van der Waals surface area contributed by atoms with Crippen LogP contribution >= 0.6 is 0 Å². The molecular weight excluding hydrogens is 368 g/mol. The lowest BCUT2D eigenvalue weighted by atomic mass is 10.0. The van der Waals surface area contributed by atoms with Gasteiger partial charge in [0.2, 0.25) is 0 Å². The standard InChI is InChI=1S/C22H24N4O3/c1-16-23-22(29-25-16)19-9-7-18(8-10-19)21(27)24-20(17-5-3-2-4-6-17)15-26-11-13-28-14-12-26/h2-10,20H,11-15H2,1H3,(H,24,27). The van der Waals surface area contributed by atoms with Gasteiger partial charge >= 0.3 is 0 Å². The highest BCUT2D eigenvalue weighted by Crippen LogP contribution is 2.19. The number of morpholine rings is 1. The van der Waals surface area contributed by atoms with E-state index in [1.54, 1.807) is 19.1 Å². The molecule has 0 spiro atoms. The first-order chi connectivity index (χ1) is 14.2. The van der Waals surface area contributed by atoms with Crippen molar-refractivity contribution in [1.82, 2.24) is 20.4 Å². The number of hydrogen-bond donors (Lipinski definition) is 1. The highest BCUT2D eigenvalue weighted by molar-refractivity contribution is 5.94. The first-order valence-corrected chi connectivity index (χ1v) is 9.76. The minimum absolute atomic E-state index is 0.0972. The first-order valence-electron chi connectivity index (χ1n) is 9.76. The van der Waals surface area contributed by atoms with Crippen LogP contribution in [-0.2, 0) is 4.74 Å². The van der Waals surface area contributed by atoms with Crippen LogP contribution in [0.25, 0.3) is 11.5 Å². The normalized spacial score (nSPS) is 15.8. The number of amides is 1. The molecule has 150 valence electrons. The monoisotopic (exact) mass is 392 g/mol. The van der Waals surface area contributed by atoms with Gasteiger partial charge in [0.05, 0.1) is 19.3 Å². The zero-order valence-corrected chi connectivity index (χ0v) is 16.4. The van der Waals surface area contributed by atoms with Gasteiger partial charge in [0.25, 0.3) is 11.8 Å². The zero-order valence-electron chi connectivity index (χ0n) is 16.4. The van der Waals surface area contributed by atoms with Crippen molar-refractivity contribution in [2.24, 2.45) is 0 Å². The number of hydrogen-bond acceptors (Lipinski definition) is 6. The smallest absolute Gasteiger partial charge is 0.257 e. The lowest BCUT2D eigenvalue weighted by Gasteiger charge is -2.31. The van der Waals surface area contributed by atoms with Crippen LogP contribution in [0.1, 0.15) is 27.8 Å². The second-order valence-electron chi connectivity index (χ2n) is 7.07. The number of aryl methyl sites for hydroxylation is 1. The predicted molar refractivity (Wildman–Crippen MR) is 108 cm³/mol. The van der Waals surface area contributed by atoms with Crippen LogP contribution in [0.2, 0.25) is 0 Å². The van der Waals surface area contributed by atoms with E-state index in [9.17, 15) is 4.79 Å². The SMILES string of the molecule is Cc1noc(-c2ccc(C(=O)NC(CN3CCOCC3)c3ccccc3)cc2)n1. The number of ether oxygens (including phenoxy) is 1. The van der Waals surface area contributed by atoms with Crippen LogP contribution in [0.5, 0.6) is 0 Å². The third-order valence-electron chi connectivity index (χ3n) is 4.97. The van der Waals surface area contributed by atoms with Crippen molar-refractivity contribution in [2.75, 3.05) is 32.8 Å². The number of carbonyl (C=O) groups excluding carboxylic acids is 1. The number of nitrogens with one attached hydrogen (secondary N) is 1. The van der Waals surface area contributed by atoms with Crippen molar-refractivity contribution >= 4 is 5.91 Å². The van der Waals surface area contributed by atoms with Gasteiger partial charge in [0.1, 0.15) is 0 Å². The summed E-state index contributed by atoms with van der Waals surface area (Å²) in [5, 5.41) is 6.99. The summed E-state index contributed by atoms with van der Waals surface area (Å²) in [7, 11) is 0. The van der Waals surface area contributed by atoms with Crippen LogP contribution < -0.4 is 5.32 Å². The van der Waals surface area contributed by atoms with E-state index in [1.807, 2.05) is 42.5 Å². The quantitative estimate of drug-likeness (QED) is 0.695. The number of carbonyl (C=O) groups is 1. The van der Waals surface area contributed by atoms with Gasteiger partial charge in [0, 0.05) is 30.8 Å². The Labute approximate surface area is 169 Å². The molecule has 0 radical (unpaired) electrons. The number of aromatic nitrogens is 2. The maximum atomic E-state index is 12.9. The first kappa shape index (κ1) is 19.3. The molecule has 1 saturated heterocycles. The highest BCUT2D eigenvalue weighted by Gasteiger charge is 2.21. The van der Waals surface area contributed by atoms with Gasteiger partial charge in [-0.2, -0.15) is 4.98 Å². The summed E-state index contributed by atoms with van der Waals surface area (Å²) in [4.78, 5) is 19.5. The van der Waals surface area contributed by atoms with Crippen molar-refractivity contribution < 1.29 is 14.1 Å². The fourth-order valence-electron chi connectivity index (χ4n) is 3.38. The van der Waals surface area contributed by atoms with Crippen molar-refractivity contribution in [3.05, 3.63) is 71.5 Å². The summed E-state index contributed by atoms with van der Waals surface area (Å²) in [5.74, 6) is 0.917. The topological polar surface area (TPSA) is 80.5 Å². The number of rotatable bonds is 6. The Morgan fingerprint density at radius 2 is 1.83 bits per heavy atom. The highest BCUT2D eigenvalue weighted by atomic mass is 16.5. The molecular formula is C22H24N4O3. The average Bonchev–Trinajstić information content (AvgIpc) is 3.21. The molecule has 0 bridgehead atoms. The minimum Gasteiger partial charge on any atom is -0.379 e. The fraction of sp³-hybridized carbons (Fsp3) is 0.318. The molecule has 1 fully saturated rings. The third-order valence-corrected chi connectivity index (χ3v) is 4.97. The Kier molecular flexibility index (Phi) is 5.97. The molecule has 0 saturated carbocycles. The lowest BCUT2D eigenvalue weighted by Crippen LogP contribution is -2.43. The molecule has 2 aromatic carbocycles. The second kappa shape index (κ2) is 8.98. The van der Waals surface area contributed by atoms with Crippen LogP contribution in [0.3, 0.4) is 0 Å². The molecule has 1 atom stereocenters. The van der Waals surface area contributed by atoms with E-state index in [0.29, 0.717) is 17.3 Å². The van der Waals surface area contributed by atoms with Crippen LogP contribution in [0, 0.1) is 6.92 Å². The van der Waals surface area contributed by atoms with E-state index < -0.39 is 0 Å². The second-order valence-corrected chi connectivity index (χ2v) is 7.07. The van der Waals surface area contributed by atoms with Crippen LogP contribution in [-0.4, -0.2) is 53.8 Å². The molecule has 1 amide bonds. The van der Waals surface area contributed by atoms with Gasteiger partial charge in [0.15, 0.2) is 5.82 Å². The summed E-state index contributed by atoms with van der Waals surface area (Å²) in [5.41, 5.74) is 2.47. The largest absolute Gasteiger partial charge is 0.379 e. The molecule has 1 N–H and O–H groups in total. The molecule has 0 aliphatic carbocycles. The molecule has 3 aromatic rings. The molecule has 7 nitrogen and oxygen atoms in total. The Morgan fingerprint density at radius 1 is 1.10 bits per heavy atom. The Hall–Kier alpha value is -3.03. The maximum Gasteiger partial charge on any atom is 0.257 e. The van der Waals surface area contributed by atoms with Gasteiger partial charge in [-0.15, -0.1) is 0 Å². The molecule has 7 heteroatoms. The van der Waals surface area contributed by atoms with Crippen LogP contribution in [0.15, 0.2) is 59.1 Å². The maximum absolute atomic E-state index is 12.9. The van der Waals surface area contributed by atoms with Gasteiger partial charge in [-0.3, -0.25) is 9.69 Å². The van der Waals surface area contributed by atoms with Crippen molar-refractivity contribution in [3.63, 3.8) is 0 Å². The van der Waals surface area contributed by atoms with E-state index in [1.165, 1.54) is 0 Å². The molecule has 1 aliphatic rings. The molecule has 29 heavy (non-hydrogen) atoms. The van der Waals surface area contributed by atoms with E-state index in [2.05, 4.69) is 20.4 Å². The molecule has 1 aromatic heterocycles. The molecule has 1 aliphatic heterocycles. The van der Waals surface area contributed by atoms with Gasteiger partial charge < -0.3 is 14.6 Å². The fourth-order valence-corrected chi connectivity index (χ4v) is 3.38. The summed E-state index contributed by atoms with van der Waals surface area (Å²) in [6.45, 7) is 5.72. The van der Waals surface area contributed by atoms with E-state index in [-0.39, 0.29) is 11.9 Å². The minimum atomic E-state index is -0.111. The molecule has 2 heterocycles. The van der Waals surface area contributed by atoms with Crippen molar-refractivity contribution in [2.45, 2.75) is 13.0 Å². The number of benzene rings is 2. The summed E-state index contributed by atoms with van der Waals surface area (Å²) in [6.07, 6.45) is 0. The summed E-state index contributed by atoms with van der Waals surface area (Å²) >= 11 is 0. The van der Waals surface area contributed by atoms with E-state index >= 15 is 0 Å². The van der Waals surface area contributed by atoms with E-state index in [0.717, 1.165) is 44.0 Å². The third kappa shape index (κ3) is 4.88. The summed E-state index contributed by atoms with van der Waals surface area (Å²) in [6, 6.07) is 17.2. The molecule has 1 unspecified atom stereocenters. The predicted octanol–water partition coefficient (Wildman–Crippen LogP) is 2.85. The van der Waals surface area contributed by atoms with E-state index in [4.69, 9.17) is 9.26 Å². The Morgan fingerprint density at radius 3 is 2.48 bits per heavy atom. The Bertz CT molecular complexity index is 934. The van der Waals surface area contributed by atoms with Crippen molar-refractivity contribution in [3.8, 4) is 11.5 Å². The lowest BCUT2D eigenvalue weighted by molar-refractivity contribution is 0.0332.